The van der Waals surface area contributed by atoms with Crippen molar-refractivity contribution in [3.05, 3.63) is 28.4 Å². The van der Waals surface area contributed by atoms with Crippen molar-refractivity contribution >= 4 is 0 Å². The lowest BCUT2D eigenvalue weighted by atomic mass is 9.96. The first kappa shape index (κ1) is 17.5. The molecule has 1 aromatic rings. The van der Waals surface area contributed by atoms with Crippen molar-refractivity contribution in [3.8, 4) is 0 Å². The van der Waals surface area contributed by atoms with E-state index in [0.717, 1.165) is 51.6 Å². The number of alkyl halides is 2. The predicted molar refractivity (Wildman–Crippen MR) is 86.2 cm³/mol. The quantitative estimate of drug-likeness (QED) is 0.825. The SMILES string of the molecule is O=c1cc(C(F)F)ncn1CC1CCN(CC2CCCCO2)CC1. The van der Waals surface area contributed by atoms with Crippen molar-refractivity contribution in [2.24, 2.45) is 5.92 Å². The zero-order valence-electron chi connectivity index (χ0n) is 13.9. The van der Waals surface area contributed by atoms with Gasteiger partial charge in [-0.2, -0.15) is 0 Å². The van der Waals surface area contributed by atoms with E-state index in [4.69, 9.17) is 4.74 Å². The fourth-order valence-electron chi connectivity index (χ4n) is 3.57. The van der Waals surface area contributed by atoms with Gasteiger partial charge in [0, 0.05) is 25.8 Å². The summed E-state index contributed by atoms with van der Waals surface area (Å²) in [6.07, 6.45) is 4.52. The maximum Gasteiger partial charge on any atom is 0.280 e. The van der Waals surface area contributed by atoms with Crippen molar-refractivity contribution in [3.63, 3.8) is 0 Å². The van der Waals surface area contributed by atoms with Crippen LogP contribution in [0.15, 0.2) is 17.2 Å². The lowest BCUT2D eigenvalue weighted by Crippen LogP contribution is -2.41. The third-order valence-electron chi connectivity index (χ3n) is 5.02. The monoisotopic (exact) mass is 341 g/mol. The first-order valence-corrected chi connectivity index (χ1v) is 8.80. The molecule has 5 nitrogen and oxygen atoms in total. The molecule has 24 heavy (non-hydrogen) atoms. The van der Waals surface area contributed by atoms with E-state index in [2.05, 4.69) is 9.88 Å². The highest BCUT2D eigenvalue weighted by Crippen LogP contribution is 2.21. The van der Waals surface area contributed by atoms with Crippen LogP contribution in [0.3, 0.4) is 0 Å². The number of nitrogens with zero attached hydrogens (tertiary/aromatic N) is 3. The fourth-order valence-corrected chi connectivity index (χ4v) is 3.57. The molecule has 7 heteroatoms. The second-order valence-corrected chi connectivity index (χ2v) is 6.84. The average molecular weight is 341 g/mol. The van der Waals surface area contributed by atoms with E-state index in [-0.39, 0.29) is 0 Å². The summed E-state index contributed by atoms with van der Waals surface area (Å²) in [7, 11) is 0. The lowest BCUT2D eigenvalue weighted by Gasteiger charge is -2.35. The number of hydrogen-bond donors (Lipinski definition) is 0. The van der Waals surface area contributed by atoms with Gasteiger partial charge < -0.3 is 9.64 Å². The Kier molecular flexibility index (Phi) is 5.94. The molecule has 2 saturated heterocycles. The fraction of sp³-hybridized carbons (Fsp3) is 0.765. The maximum absolute atomic E-state index is 12.5. The molecular weight excluding hydrogens is 316 g/mol. The molecule has 0 radical (unpaired) electrons. The van der Waals surface area contributed by atoms with E-state index in [0.29, 0.717) is 18.6 Å². The first-order valence-electron chi connectivity index (χ1n) is 8.80. The number of halogens is 2. The average Bonchev–Trinajstić information content (AvgIpc) is 2.59. The zero-order valence-corrected chi connectivity index (χ0v) is 13.9. The highest BCUT2D eigenvalue weighted by Gasteiger charge is 2.23. The van der Waals surface area contributed by atoms with Gasteiger partial charge in [-0.25, -0.2) is 13.8 Å². The van der Waals surface area contributed by atoms with E-state index in [1.165, 1.54) is 23.7 Å². The Bertz CT molecular complexity index is 579. The molecule has 134 valence electrons. The summed E-state index contributed by atoms with van der Waals surface area (Å²) in [4.78, 5) is 18.0. The van der Waals surface area contributed by atoms with Crippen LogP contribution < -0.4 is 5.56 Å². The number of hydrogen-bond acceptors (Lipinski definition) is 4. The maximum atomic E-state index is 12.5. The second-order valence-electron chi connectivity index (χ2n) is 6.84. The van der Waals surface area contributed by atoms with Gasteiger partial charge in [0.2, 0.25) is 0 Å². The molecule has 1 aromatic heterocycles. The highest BCUT2D eigenvalue weighted by molar-refractivity contribution is 5.00. The summed E-state index contributed by atoms with van der Waals surface area (Å²) in [6.45, 7) is 4.44. The van der Waals surface area contributed by atoms with Gasteiger partial charge in [0.25, 0.3) is 12.0 Å². The van der Waals surface area contributed by atoms with Gasteiger partial charge in [-0.3, -0.25) is 9.36 Å². The summed E-state index contributed by atoms with van der Waals surface area (Å²) >= 11 is 0. The Morgan fingerprint density at radius 3 is 2.62 bits per heavy atom. The van der Waals surface area contributed by atoms with Gasteiger partial charge in [-0.05, 0) is 51.1 Å². The Labute approximate surface area is 140 Å². The minimum Gasteiger partial charge on any atom is -0.377 e. The van der Waals surface area contributed by atoms with Gasteiger partial charge in [0.15, 0.2) is 0 Å². The number of rotatable bonds is 5. The van der Waals surface area contributed by atoms with E-state index < -0.39 is 17.7 Å². The molecule has 2 aliphatic heterocycles. The third kappa shape index (κ3) is 4.60. The molecule has 2 fully saturated rings. The predicted octanol–water partition coefficient (Wildman–Crippen LogP) is 2.46. The van der Waals surface area contributed by atoms with Crippen LogP contribution in [0.2, 0.25) is 0 Å². The second kappa shape index (κ2) is 8.16. The molecule has 0 aliphatic carbocycles. The molecule has 2 aliphatic rings. The van der Waals surface area contributed by atoms with Crippen LogP contribution in [-0.4, -0.2) is 46.8 Å². The topological polar surface area (TPSA) is 47.4 Å². The molecule has 3 heterocycles. The number of piperidine rings is 1. The van der Waals surface area contributed by atoms with Crippen molar-refractivity contribution in [2.75, 3.05) is 26.2 Å². The molecule has 0 amide bonds. The Morgan fingerprint density at radius 2 is 2.00 bits per heavy atom. The van der Waals surface area contributed by atoms with Crippen molar-refractivity contribution < 1.29 is 13.5 Å². The summed E-state index contributed by atoms with van der Waals surface area (Å²) in [5.74, 6) is 0.394. The number of ether oxygens (including phenoxy) is 1. The van der Waals surface area contributed by atoms with Crippen LogP contribution in [0, 0.1) is 5.92 Å². The minimum absolute atomic E-state index is 0.365. The summed E-state index contributed by atoms with van der Waals surface area (Å²) in [6, 6.07) is 0.945. The molecule has 0 bridgehead atoms. The number of aromatic nitrogens is 2. The smallest absolute Gasteiger partial charge is 0.280 e. The summed E-state index contributed by atoms with van der Waals surface area (Å²) in [5.41, 5.74) is -0.836. The Morgan fingerprint density at radius 1 is 1.21 bits per heavy atom. The van der Waals surface area contributed by atoms with Crippen molar-refractivity contribution in [1.29, 1.82) is 0 Å². The molecule has 1 atom stereocenters. The molecule has 0 spiro atoms. The van der Waals surface area contributed by atoms with Crippen LogP contribution in [0.5, 0.6) is 0 Å². The summed E-state index contributed by atoms with van der Waals surface area (Å²) in [5, 5.41) is 0. The third-order valence-corrected chi connectivity index (χ3v) is 5.02. The van der Waals surface area contributed by atoms with Crippen molar-refractivity contribution in [1.82, 2.24) is 14.5 Å². The van der Waals surface area contributed by atoms with Gasteiger partial charge in [-0.1, -0.05) is 0 Å². The molecule has 3 rings (SSSR count). The Hall–Kier alpha value is -1.34. The van der Waals surface area contributed by atoms with Gasteiger partial charge in [0.1, 0.15) is 5.69 Å². The molecule has 0 saturated carbocycles. The Balaban J connectivity index is 1.47. The molecule has 1 unspecified atom stereocenters. The van der Waals surface area contributed by atoms with Crippen LogP contribution in [-0.2, 0) is 11.3 Å². The van der Waals surface area contributed by atoms with Crippen molar-refractivity contribution in [2.45, 2.75) is 51.2 Å². The highest BCUT2D eigenvalue weighted by atomic mass is 19.3. The largest absolute Gasteiger partial charge is 0.377 e. The van der Waals surface area contributed by atoms with E-state index in [9.17, 15) is 13.6 Å². The minimum atomic E-state index is -2.70. The molecule has 0 aromatic carbocycles. The standard InChI is InChI=1S/C17H25F2N3O2/c18-17(19)15-9-16(23)22(12-20-15)10-13-4-6-21(7-5-13)11-14-3-1-2-8-24-14/h9,12-14,17H,1-8,10-11H2. The number of likely N-dealkylation sites (tertiary alicyclic amines) is 1. The van der Waals surface area contributed by atoms with Crippen LogP contribution in [0.4, 0.5) is 8.78 Å². The summed E-state index contributed by atoms with van der Waals surface area (Å²) < 4.78 is 32.3. The van der Waals surface area contributed by atoms with Gasteiger partial charge in [0.05, 0.1) is 12.4 Å². The molecular formula is C17H25F2N3O2. The van der Waals surface area contributed by atoms with Gasteiger partial charge >= 0.3 is 0 Å². The van der Waals surface area contributed by atoms with Crippen LogP contribution in [0.25, 0.3) is 0 Å². The van der Waals surface area contributed by atoms with E-state index in [1.54, 1.807) is 0 Å². The normalized spacial score (nSPS) is 23.7. The van der Waals surface area contributed by atoms with Crippen LogP contribution in [0.1, 0.15) is 44.2 Å². The zero-order chi connectivity index (χ0) is 16.9. The van der Waals surface area contributed by atoms with E-state index >= 15 is 0 Å². The van der Waals surface area contributed by atoms with Crippen LogP contribution >= 0.6 is 0 Å². The van der Waals surface area contributed by atoms with Gasteiger partial charge in [-0.15, -0.1) is 0 Å². The lowest BCUT2D eigenvalue weighted by molar-refractivity contribution is -0.0117. The molecule has 0 N–H and O–H groups in total. The van der Waals surface area contributed by atoms with E-state index in [1.807, 2.05) is 0 Å². The first-order chi connectivity index (χ1) is 11.6.